The second kappa shape index (κ2) is 10.5. The van der Waals surface area contributed by atoms with Crippen LogP contribution in [0.5, 0.6) is 0 Å². The van der Waals surface area contributed by atoms with Gasteiger partial charge in [-0.15, -0.1) is 10.2 Å². The van der Waals surface area contributed by atoms with Gasteiger partial charge in [0.1, 0.15) is 11.6 Å². The Morgan fingerprint density at radius 1 is 1.09 bits per heavy atom. The van der Waals surface area contributed by atoms with Gasteiger partial charge in [-0.1, -0.05) is 30.3 Å². The lowest BCUT2D eigenvalue weighted by molar-refractivity contribution is -0.148. The van der Waals surface area contributed by atoms with Crippen LogP contribution in [0.15, 0.2) is 48.5 Å². The highest BCUT2D eigenvalue weighted by molar-refractivity contribution is 5.77. The van der Waals surface area contributed by atoms with Crippen LogP contribution in [0.1, 0.15) is 29.2 Å². The van der Waals surface area contributed by atoms with Crippen molar-refractivity contribution in [3.63, 3.8) is 0 Å². The van der Waals surface area contributed by atoms with E-state index in [1.54, 1.807) is 0 Å². The second-order valence-electron chi connectivity index (χ2n) is 8.14. The summed E-state index contributed by atoms with van der Waals surface area (Å²) in [5, 5.41) is 6.78. The predicted molar refractivity (Wildman–Crippen MR) is 113 cm³/mol. The van der Waals surface area contributed by atoms with Crippen molar-refractivity contribution in [3.05, 3.63) is 82.9 Å². The fraction of sp³-hybridized carbons (Fsp3) is 0.348. The van der Waals surface area contributed by atoms with Gasteiger partial charge in [-0.3, -0.25) is 9.63 Å². The van der Waals surface area contributed by atoms with Crippen molar-refractivity contribution in [2.45, 2.75) is 44.8 Å². The number of hydrogen-bond donors (Lipinski definition) is 1. The van der Waals surface area contributed by atoms with Crippen molar-refractivity contribution < 1.29 is 31.6 Å². The van der Waals surface area contributed by atoms with Crippen LogP contribution in [0.4, 0.5) is 22.0 Å². The van der Waals surface area contributed by atoms with Crippen molar-refractivity contribution >= 4 is 5.91 Å². The number of hydroxylamine groups is 1. The molecule has 4 rings (SSSR count). The summed E-state index contributed by atoms with van der Waals surface area (Å²) in [5.74, 6) is -2.72. The molecule has 12 heteroatoms. The molecular weight excluding hydrogens is 473 g/mol. The van der Waals surface area contributed by atoms with Crippen LogP contribution < -0.4 is 5.48 Å². The van der Waals surface area contributed by atoms with Gasteiger partial charge in [0.25, 0.3) is 0 Å². The number of hydrogen-bond acceptors (Lipinski definition) is 5. The molecule has 1 atom stereocenters. The molecule has 2 heterocycles. The van der Waals surface area contributed by atoms with E-state index >= 15 is 0 Å². The van der Waals surface area contributed by atoms with Crippen LogP contribution in [0.25, 0.3) is 0 Å². The smallest absolute Gasteiger partial charge is 0.333 e. The number of amides is 1. The Morgan fingerprint density at radius 3 is 2.60 bits per heavy atom. The molecule has 7 nitrogen and oxygen atoms in total. The Bertz CT molecular complexity index is 1170. The summed E-state index contributed by atoms with van der Waals surface area (Å²) in [7, 11) is 0. The summed E-state index contributed by atoms with van der Waals surface area (Å²) >= 11 is 0. The first-order valence-electron chi connectivity index (χ1n) is 10.8. The predicted octanol–water partition coefficient (Wildman–Crippen LogP) is 3.64. The van der Waals surface area contributed by atoms with Crippen molar-refractivity contribution in [2.24, 2.45) is 0 Å². The van der Waals surface area contributed by atoms with Crippen LogP contribution in [0, 0.1) is 11.6 Å². The first-order chi connectivity index (χ1) is 16.7. The molecule has 0 fully saturated rings. The average molecular weight is 495 g/mol. The molecule has 186 valence electrons. The zero-order chi connectivity index (χ0) is 25.0. The average Bonchev–Trinajstić information content (AvgIpc) is 3.26. The van der Waals surface area contributed by atoms with Crippen molar-refractivity contribution in [3.8, 4) is 0 Å². The highest BCUT2D eigenvalue weighted by Crippen LogP contribution is 2.29. The highest BCUT2D eigenvalue weighted by Gasteiger charge is 2.40. The number of nitrogens with zero attached hydrogens (tertiary/aromatic N) is 4. The Hall–Kier alpha value is -3.38. The number of carbonyl (C=O) groups excluding carboxylic acids is 1. The molecule has 0 saturated heterocycles. The van der Waals surface area contributed by atoms with E-state index in [2.05, 4.69) is 15.7 Å². The van der Waals surface area contributed by atoms with E-state index < -0.39 is 35.6 Å². The van der Waals surface area contributed by atoms with E-state index in [0.717, 1.165) is 28.3 Å². The molecule has 0 radical (unpaired) electrons. The molecular formula is C23H22F5N5O2. The summed E-state index contributed by atoms with van der Waals surface area (Å²) in [5.41, 5.74) is 3.68. The van der Waals surface area contributed by atoms with Gasteiger partial charge in [0.05, 0.1) is 13.2 Å². The molecule has 0 spiro atoms. The summed E-state index contributed by atoms with van der Waals surface area (Å²) in [6.45, 7) is -0.0546. The van der Waals surface area contributed by atoms with Gasteiger partial charge in [-0.2, -0.15) is 18.7 Å². The second-order valence-corrected chi connectivity index (χ2v) is 8.14. The molecule has 0 saturated carbocycles. The van der Waals surface area contributed by atoms with Gasteiger partial charge >= 0.3 is 6.18 Å². The monoisotopic (exact) mass is 495 g/mol. The Morgan fingerprint density at radius 2 is 1.86 bits per heavy atom. The number of aromatic nitrogens is 3. The molecule has 1 aliphatic heterocycles. The first-order valence-corrected chi connectivity index (χ1v) is 10.8. The summed E-state index contributed by atoms with van der Waals surface area (Å²) < 4.78 is 68.0. The molecule has 0 aliphatic carbocycles. The zero-order valence-electron chi connectivity index (χ0n) is 18.4. The Labute approximate surface area is 197 Å². The quantitative estimate of drug-likeness (QED) is 0.382. The van der Waals surface area contributed by atoms with Gasteiger partial charge in [0, 0.05) is 25.6 Å². The standard InChI is InChI=1S/C23H22F5N5O2/c24-17-6-7-19(25)16(10-17)11-18(31-35-14-15-4-2-1-3-5-15)12-21(34)32-8-9-33-20(13-32)29-30-22(33)23(26,27)28/h1-7,10,18,31H,8-9,11-14H2. The normalized spacial score (nSPS) is 14.6. The van der Waals surface area contributed by atoms with Gasteiger partial charge in [0.15, 0.2) is 5.82 Å². The molecule has 1 N–H and O–H groups in total. The van der Waals surface area contributed by atoms with Crippen molar-refractivity contribution in [2.75, 3.05) is 6.54 Å². The van der Waals surface area contributed by atoms with E-state index in [1.807, 2.05) is 30.3 Å². The third-order valence-electron chi connectivity index (χ3n) is 5.59. The molecule has 1 aromatic heterocycles. The van der Waals surface area contributed by atoms with E-state index in [9.17, 15) is 26.7 Å². The van der Waals surface area contributed by atoms with E-state index in [0.29, 0.717) is 0 Å². The lowest BCUT2D eigenvalue weighted by Crippen LogP contribution is -2.43. The number of carbonyl (C=O) groups is 1. The van der Waals surface area contributed by atoms with Gasteiger partial charge in [0.2, 0.25) is 11.7 Å². The number of benzene rings is 2. The largest absolute Gasteiger partial charge is 0.451 e. The minimum absolute atomic E-state index is 0.0259. The maximum Gasteiger partial charge on any atom is 0.451 e. The highest BCUT2D eigenvalue weighted by atomic mass is 19.4. The van der Waals surface area contributed by atoms with Crippen molar-refractivity contribution in [1.29, 1.82) is 0 Å². The topological polar surface area (TPSA) is 72.3 Å². The molecule has 2 aromatic carbocycles. The number of rotatable bonds is 8. The van der Waals surface area contributed by atoms with Crippen LogP contribution in [0.2, 0.25) is 0 Å². The maximum absolute atomic E-state index is 14.2. The number of fused-ring (bicyclic) bond motifs is 1. The Balaban J connectivity index is 1.44. The number of alkyl halides is 3. The lowest BCUT2D eigenvalue weighted by Gasteiger charge is -2.29. The SMILES string of the molecule is O=C(CC(Cc1cc(F)ccc1F)NOCc1ccccc1)N1CCn2c(nnc2C(F)(F)F)C1. The third kappa shape index (κ3) is 6.20. The Kier molecular flexibility index (Phi) is 7.41. The molecule has 3 aromatic rings. The van der Waals surface area contributed by atoms with Crippen LogP contribution in [-0.2, 0) is 41.9 Å². The van der Waals surface area contributed by atoms with Crippen molar-refractivity contribution in [1.82, 2.24) is 25.1 Å². The van der Waals surface area contributed by atoms with E-state index in [-0.39, 0.29) is 50.5 Å². The summed E-state index contributed by atoms with van der Waals surface area (Å²) in [6.07, 6.45) is -4.85. The zero-order valence-corrected chi connectivity index (χ0v) is 18.4. The number of nitrogens with one attached hydrogen (secondary N) is 1. The van der Waals surface area contributed by atoms with Crippen LogP contribution in [-0.4, -0.2) is 38.2 Å². The fourth-order valence-corrected chi connectivity index (χ4v) is 3.86. The van der Waals surface area contributed by atoms with Gasteiger partial charge in [-0.25, -0.2) is 8.78 Å². The molecule has 1 aliphatic rings. The van der Waals surface area contributed by atoms with Gasteiger partial charge in [-0.05, 0) is 35.7 Å². The van der Waals surface area contributed by atoms with Crippen LogP contribution in [0.3, 0.4) is 0 Å². The molecule has 35 heavy (non-hydrogen) atoms. The summed E-state index contributed by atoms with van der Waals surface area (Å²) in [6, 6.07) is 11.5. The third-order valence-corrected chi connectivity index (χ3v) is 5.59. The summed E-state index contributed by atoms with van der Waals surface area (Å²) in [4.78, 5) is 19.9. The minimum Gasteiger partial charge on any atom is -0.333 e. The fourth-order valence-electron chi connectivity index (χ4n) is 3.86. The van der Waals surface area contributed by atoms with Gasteiger partial charge < -0.3 is 9.47 Å². The number of halogens is 5. The lowest BCUT2D eigenvalue weighted by atomic mass is 10.0. The van der Waals surface area contributed by atoms with E-state index in [4.69, 9.17) is 4.84 Å². The minimum atomic E-state index is -4.64. The maximum atomic E-state index is 14.2. The van der Waals surface area contributed by atoms with Crippen LogP contribution >= 0.6 is 0 Å². The molecule has 1 unspecified atom stereocenters. The molecule has 0 bridgehead atoms. The first kappa shape index (κ1) is 24.7. The van der Waals surface area contributed by atoms with E-state index in [1.165, 1.54) is 4.90 Å². The molecule has 1 amide bonds.